The first-order chi connectivity index (χ1) is 14.9. The van der Waals surface area contributed by atoms with Crippen molar-refractivity contribution in [2.45, 2.75) is 23.3 Å². The van der Waals surface area contributed by atoms with Crippen LogP contribution in [0.5, 0.6) is 0 Å². The van der Waals surface area contributed by atoms with Gasteiger partial charge in [0.2, 0.25) is 0 Å². The third-order valence-electron chi connectivity index (χ3n) is 5.99. The van der Waals surface area contributed by atoms with E-state index in [0.717, 1.165) is 23.2 Å². The van der Waals surface area contributed by atoms with Gasteiger partial charge in [0.15, 0.2) is 0 Å². The largest absolute Gasteiger partial charge is 0.378 e. The van der Waals surface area contributed by atoms with Crippen molar-refractivity contribution in [2.24, 2.45) is 5.92 Å². The number of fused-ring (bicyclic) bond motifs is 3. The van der Waals surface area contributed by atoms with E-state index in [4.69, 9.17) is 11.6 Å². The molecule has 0 amide bonds. The zero-order chi connectivity index (χ0) is 21.6. The molecule has 0 aromatic heterocycles. The minimum atomic E-state index is -3.80. The summed E-state index contributed by atoms with van der Waals surface area (Å²) in [5, 5.41) is 3.88. The Morgan fingerprint density at radius 3 is 2.58 bits per heavy atom. The predicted octanol–water partition coefficient (Wildman–Crippen LogP) is 6.11. The Kier molecular flexibility index (Phi) is 4.99. The highest BCUT2D eigenvalue weighted by Gasteiger charge is 2.38. The van der Waals surface area contributed by atoms with Crippen molar-refractivity contribution in [3.05, 3.63) is 101 Å². The average molecular weight is 455 g/mol. The number of benzene rings is 3. The molecule has 0 radical (unpaired) electrons. The first-order valence-electron chi connectivity index (χ1n) is 10.0. The number of nitrogens with one attached hydrogen (secondary N) is 2. The Morgan fingerprint density at radius 2 is 1.81 bits per heavy atom. The third-order valence-corrected chi connectivity index (χ3v) is 7.68. The Morgan fingerprint density at radius 1 is 1.03 bits per heavy atom. The van der Waals surface area contributed by atoms with E-state index in [1.165, 1.54) is 12.1 Å². The van der Waals surface area contributed by atoms with Crippen LogP contribution in [0, 0.1) is 11.7 Å². The number of anilines is 2. The summed E-state index contributed by atoms with van der Waals surface area (Å²) in [4.78, 5) is 0.187. The summed E-state index contributed by atoms with van der Waals surface area (Å²) in [5.41, 5.74) is 3.19. The number of halogens is 2. The minimum Gasteiger partial charge on any atom is -0.378 e. The first kappa shape index (κ1) is 20.1. The van der Waals surface area contributed by atoms with Crippen LogP contribution in [0.2, 0.25) is 5.02 Å². The maximum Gasteiger partial charge on any atom is 0.261 e. The number of allylic oxidation sites excluding steroid dienone is 2. The van der Waals surface area contributed by atoms with Gasteiger partial charge in [-0.3, -0.25) is 4.72 Å². The van der Waals surface area contributed by atoms with Crippen LogP contribution in [-0.4, -0.2) is 8.42 Å². The predicted molar refractivity (Wildman–Crippen MR) is 121 cm³/mol. The van der Waals surface area contributed by atoms with Gasteiger partial charge in [0.1, 0.15) is 5.82 Å². The van der Waals surface area contributed by atoms with Crippen LogP contribution in [-0.2, 0) is 10.0 Å². The standard InChI is InChI=1S/C24H20ClFN2O2S/c25-21-6-1-2-7-23(21)28-31(29,30)17-12-13-22-20(14-17)18-4-3-5-19(18)24(27-22)15-8-10-16(26)11-9-15/h1-4,6-14,18-19,24,27-28H,5H2/t18-,19+,24+/m0/s1. The zero-order valence-corrected chi connectivity index (χ0v) is 18.0. The van der Waals surface area contributed by atoms with Gasteiger partial charge < -0.3 is 5.32 Å². The second-order valence-corrected chi connectivity index (χ2v) is 9.95. The summed E-state index contributed by atoms with van der Waals surface area (Å²) in [6, 6.07) is 18.4. The Balaban J connectivity index is 1.50. The molecular weight excluding hydrogens is 435 g/mol. The van der Waals surface area contributed by atoms with Gasteiger partial charge in [-0.05, 0) is 65.9 Å². The van der Waals surface area contributed by atoms with E-state index < -0.39 is 10.0 Å². The molecule has 3 aromatic rings. The van der Waals surface area contributed by atoms with Crippen molar-refractivity contribution in [2.75, 3.05) is 10.0 Å². The van der Waals surface area contributed by atoms with Gasteiger partial charge in [-0.2, -0.15) is 0 Å². The van der Waals surface area contributed by atoms with E-state index >= 15 is 0 Å². The molecule has 4 nitrogen and oxygen atoms in total. The highest BCUT2D eigenvalue weighted by atomic mass is 35.5. The van der Waals surface area contributed by atoms with Gasteiger partial charge in [0.25, 0.3) is 10.0 Å². The van der Waals surface area contributed by atoms with Crippen molar-refractivity contribution in [3.63, 3.8) is 0 Å². The smallest absolute Gasteiger partial charge is 0.261 e. The summed E-state index contributed by atoms with van der Waals surface area (Å²) < 4.78 is 42.0. The van der Waals surface area contributed by atoms with E-state index in [2.05, 4.69) is 22.2 Å². The second-order valence-electron chi connectivity index (χ2n) is 7.86. The Bertz CT molecular complexity index is 1270. The molecule has 158 valence electrons. The molecule has 2 aliphatic rings. The lowest BCUT2D eigenvalue weighted by Crippen LogP contribution is -2.29. The van der Waals surface area contributed by atoms with Crippen molar-refractivity contribution in [1.29, 1.82) is 0 Å². The molecule has 0 spiro atoms. The van der Waals surface area contributed by atoms with Crippen molar-refractivity contribution >= 4 is 33.0 Å². The van der Waals surface area contributed by atoms with Crippen molar-refractivity contribution in [3.8, 4) is 0 Å². The number of para-hydroxylation sites is 1. The molecule has 1 aliphatic carbocycles. The molecule has 1 aliphatic heterocycles. The minimum absolute atomic E-state index is 0.0248. The fourth-order valence-electron chi connectivity index (χ4n) is 4.49. The quantitative estimate of drug-likeness (QED) is 0.468. The molecule has 7 heteroatoms. The number of rotatable bonds is 4. The van der Waals surface area contributed by atoms with Gasteiger partial charge in [0, 0.05) is 11.6 Å². The SMILES string of the molecule is O=S(=O)(Nc1ccccc1Cl)c1ccc2c(c1)[C@H]1C=CC[C@H]1[C@@H](c1ccc(F)cc1)N2. The first-order valence-corrected chi connectivity index (χ1v) is 11.9. The van der Waals surface area contributed by atoms with E-state index in [-0.39, 0.29) is 28.6 Å². The number of hydrogen-bond donors (Lipinski definition) is 2. The fourth-order valence-corrected chi connectivity index (χ4v) is 5.84. The van der Waals surface area contributed by atoms with Crippen LogP contribution in [0.1, 0.15) is 29.5 Å². The van der Waals surface area contributed by atoms with Gasteiger partial charge in [0.05, 0.1) is 21.6 Å². The van der Waals surface area contributed by atoms with Gasteiger partial charge in [-0.1, -0.05) is 48.0 Å². The van der Waals surface area contributed by atoms with Gasteiger partial charge in [-0.15, -0.1) is 0 Å². The van der Waals surface area contributed by atoms with E-state index in [0.29, 0.717) is 10.7 Å². The van der Waals surface area contributed by atoms with Crippen LogP contribution in [0.3, 0.4) is 0 Å². The van der Waals surface area contributed by atoms with Crippen LogP contribution in [0.4, 0.5) is 15.8 Å². The fraction of sp³-hybridized carbons (Fsp3) is 0.167. The lowest BCUT2D eigenvalue weighted by atomic mass is 9.77. The highest BCUT2D eigenvalue weighted by Crippen LogP contribution is 2.50. The monoisotopic (exact) mass is 454 g/mol. The van der Waals surface area contributed by atoms with E-state index in [1.54, 1.807) is 54.6 Å². The Hall–Kier alpha value is -2.83. The molecular formula is C24H20ClFN2O2S. The summed E-state index contributed by atoms with van der Waals surface area (Å²) >= 11 is 6.12. The van der Waals surface area contributed by atoms with Crippen molar-refractivity contribution < 1.29 is 12.8 Å². The molecule has 1 heterocycles. The van der Waals surface area contributed by atoms with Crippen LogP contribution < -0.4 is 10.0 Å². The Labute approximate surface area is 185 Å². The highest BCUT2D eigenvalue weighted by molar-refractivity contribution is 7.92. The van der Waals surface area contributed by atoms with Crippen LogP contribution in [0.25, 0.3) is 0 Å². The number of sulfonamides is 1. The zero-order valence-electron chi connectivity index (χ0n) is 16.4. The lowest BCUT2D eigenvalue weighted by molar-refractivity contribution is 0.424. The van der Waals surface area contributed by atoms with Gasteiger partial charge in [-0.25, -0.2) is 12.8 Å². The molecule has 0 bridgehead atoms. The maximum atomic E-state index is 13.4. The summed E-state index contributed by atoms with van der Waals surface area (Å²) in [6.07, 6.45) is 5.14. The molecule has 2 N–H and O–H groups in total. The molecule has 31 heavy (non-hydrogen) atoms. The third kappa shape index (κ3) is 3.70. The van der Waals surface area contributed by atoms with Gasteiger partial charge >= 0.3 is 0 Å². The molecule has 3 aromatic carbocycles. The second kappa shape index (κ2) is 7.70. The topological polar surface area (TPSA) is 58.2 Å². The maximum absolute atomic E-state index is 13.4. The van der Waals surface area contributed by atoms with Crippen molar-refractivity contribution in [1.82, 2.24) is 0 Å². The lowest BCUT2D eigenvalue weighted by Gasteiger charge is -2.37. The normalized spacial score (nSPS) is 21.8. The number of hydrogen-bond acceptors (Lipinski definition) is 3. The molecule has 0 saturated heterocycles. The van der Waals surface area contributed by atoms with E-state index in [1.807, 2.05) is 0 Å². The van der Waals surface area contributed by atoms with Crippen LogP contribution >= 0.6 is 11.6 Å². The molecule has 0 unspecified atom stereocenters. The molecule has 3 atom stereocenters. The molecule has 5 rings (SSSR count). The van der Waals surface area contributed by atoms with Crippen LogP contribution in [0.15, 0.2) is 83.8 Å². The van der Waals surface area contributed by atoms with E-state index in [9.17, 15) is 12.8 Å². The summed E-state index contributed by atoms with van der Waals surface area (Å²) in [5.74, 6) is 0.0520. The molecule has 0 saturated carbocycles. The average Bonchev–Trinajstić information content (AvgIpc) is 3.25. The molecule has 0 fully saturated rings. The summed E-state index contributed by atoms with van der Waals surface area (Å²) in [6.45, 7) is 0. The summed E-state index contributed by atoms with van der Waals surface area (Å²) in [7, 11) is -3.80.